The second kappa shape index (κ2) is 12.4. The minimum Gasteiger partial charge on any atom is -0.483 e. The first kappa shape index (κ1) is 30.8. The summed E-state index contributed by atoms with van der Waals surface area (Å²) in [7, 11) is 1.38. The SMILES string of the molecule is CC1(C)CCCC2CCCN21.Cn1nnn(-c2cc(Nc3ncc(C#N)c(NF)n3)c(F)cc2OC(C)(C)CO)c1=O. The van der Waals surface area contributed by atoms with Crippen molar-refractivity contribution in [1.29, 1.82) is 5.26 Å². The molecule has 0 bridgehead atoms. The number of benzene rings is 1. The first-order valence-electron chi connectivity index (χ1n) is 13.7. The molecule has 2 aromatic heterocycles. The van der Waals surface area contributed by atoms with E-state index in [1.165, 1.54) is 57.3 Å². The van der Waals surface area contributed by atoms with Crippen LogP contribution in [-0.4, -0.2) is 70.1 Å². The number of aromatic nitrogens is 6. The van der Waals surface area contributed by atoms with Gasteiger partial charge in [-0.25, -0.2) is 19.7 Å². The smallest absolute Gasteiger partial charge is 0.368 e. The third-order valence-corrected chi connectivity index (χ3v) is 7.49. The molecule has 1 unspecified atom stereocenters. The highest BCUT2D eigenvalue weighted by Crippen LogP contribution is 2.37. The van der Waals surface area contributed by atoms with E-state index in [-0.39, 0.29) is 35.2 Å². The van der Waals surface area contributed by atoms with Gasteiger partial charge < -0.3 is 15.2 Å². The van der Waals surface area contributed by atoms with Gasteiger partial charge in [-0.05, 0) is 76.4 Å². The lowest BCUT2D eigenvalue weighted by molar-refractivity contribution is 0.0408. The maximum absolute atomic E-state index is 14.8. The molecule has 15 heteroatoms. The number of fused-ring (bicyclic) bond motifs is 1. The number of nitrogens with zero attached hydrogens (tertiary/aromatic N) is 8. The van der Waals surface area contributed by atoms with E-state index < -0.39 is 22.9 Å². The predicted molar refractivity (Wildman–Crippen MR) is 151 cm³/mol. The number of rotatable bonds is 7. The summed E-state index contributed by atoms with van der Waals surface area (Å²) in [4.78, 5) is 22.7. The molecule has 2 fully saturated rings. The fraction of sp³-hybridized carbons (Fsp3) is 0.556. The fourth-order valence-electron chi connectivity index (χ4n) is 5.24. The molecule has 1 aromatic carbocycles. The van der Waals surface area contributed by atoms with E-state index in [1.807, 2.05) is 0 Å². The summed E-state index contributed by atoms with van der Waals surface area (Å²) >= 11 is 0. The zero-order valence-electron chi connectivity index (χ0n) is 24.4. The van der Waals surface area contributed by atoms with Crippen molar-refractivity contribution in [3.8, 4) is 17.5 Å². The van der Waals surface area contributed by atoms with Crippen molar-refractivity contribution in [2.75, 3.05) is 24.0 Å². The molecule has 3 aromatic rings. The molecule has 2 aliphatic heterocycles. The Morgan fingerprint density at radius 1 is 1.26 bits per heavy atom. The van der Waals surface area contributed by atoms with Crippen LogP contribution in [0.1, 0.15) is 65.4 Å². The van der Waals surface area contributed by atoms with Crippen LogP contribution < -0.4 is 21.3 Å². The highest BCUT2D eigenvalue weighted by Gasteiger charge is 2.38. The van der Waals surface area contributed by atoms with Gasteiger partial charge in [0.2, 0.25) is 5.95 Å². The van der Waals surface area contributed by atoms with E-state index >= 15 is 0 Å². The van der Waals surface area contributed by atoms with Gasteiger partial charge >= 0.3 is 5.69 Å². The molecule has 0 aliphatic carbocycles. The monoisotopic (exact) mass is 586 g/mol. The van der Waals surface area contributed by atoms with E-state index in [4.69, 9.17) is 10.00 Å². The van der Waals surface area contributed by atoms with Crippen molar-refractivity contribution in [3.63, 3.8) is 0 Å². The van der Waals surface area contributed by atoms with Gasteiger partial charge in [-0.2, -0.15) is 19.6 Å². The van der Waals surface area contributed by atoms with Crippen LogP contribution in [0.3, 0.4) is 0 Å². The van der Waals surface area contributed by atoms with Gasteiger partial charge in [0.05, 0.1) is 18.5 Å². The topological polar surface area (TPSA) is 159 Å². The largest absolute Gasteiger partial charge is 0.483 e. The number of ether oxygens (including phenoxy) is 1. The van der Waals surface area contributed by atoms with Gasteiger partial charge in [0, 0.05) is 24.7 Å². The molecule has 2 aliphatic rings. The number of hydrogen-bond acceptors (Lipinski definition) is 11. The first-order chi connectivity index (χ1) is 19.9. The molecule has 1 atom stereocenters. The van der Waals surface area contributed by atoms with Crippen LogP contribution in [0.25, 0.3) is 5.69 Å². The van der Waals surface area contributed by atoms with E-state index in [2.05, 4.69) is 44.5 Å². The number of anilines is 3. The van der Waals surface area contributed by atoms with Gasteiger partial charge in [-0.3, -0.25) is 4.90 Å². The van der Waals surface area contributed by atoms with Crippen LogP contribution in [0, 0.1) is 17.1 Å². The molecule has 0 radical (unpaired) electrons. The van der Waals surface area contributed by atoms with Gasteiger partial charge in [-0.1, -0.05) is 6.42 Å². The number of aliphatic hydroxyl groups excluding tert-OH is 1. The quantitative estimate of drug-likeness (QED) is 0.349. The van der Waals surface area contributed by atoms with Crippen molar-refractivity contribution >= 4 is 17.5 Å². The van der Waals surface area contributed by atoms with Gasteiger partial charge in [0.15, 0.2) is 11.6 Å². The molecule has 3 N–H and O–H groups in total. The number of aliphatic hydroxyl groups is 1. The Bertz CT molecular complexity index is 1510. The molecule has 5 rings (SSSR count). The average molecular weight is 587 g/mol. The number of piperidine rings is 1. The molecule has 13 nitrogen and oxygen atoms in total. The van der Waals surface area contributed by atoms with E-state index in [0.717, 1.165) is 27.7 Å². The number of halogens is 2. The third-order valence-electron chi connectivity index (χ3n) is 7.49. The zero-order valence-corrected chi connectivity index (χ0v) is 24.4. The minimum absolute atomic E-state index is 0.0148. The number of nitriles is 1. The Hall–Kier alpha value is -4.16. The summed E-state index contributed by atoms with van der Waals surface area (Å²) in [5, 5.41) is 28.3. The van der Waals surface area contributed by atoms with Crippen molar-refractivity contribution in [2.45, 2.75) is 77.0 Å². The van der Waals surface area contributed by atoms with Gasteiger partial charge in [0.25, 0.3) is 0 Å². The maximum Gasteiger partial charge on any atom is 0.368 e. The summed E-state index contributed by atoms with van der Waals surface area (Å²) in [6, 6.07) is 4.82. The standard InChI is InChI=1S/C17H17F2N9O3.C10H19N/c1-17(2,8-29)31-13-4-10(18)11(5-12(13)28-16(30)27(3)25-26-28)22-15-21-7-9(6-20)14(23-15)24-19;1-10(2)7-3-5-9-6-4-8-11(9)10/h4-5,7,29H,8H2,1-3H3,(H2,21,22,23,24);9H,3-8H2,1-2H3. The number of hydrogen-bond donors (Lipinski definition) is 3. The Balaban J connectivity index is 0.000000305. The molecular weight excluding hydrogens is 550 g/mol. The Morgan fingerprint density at radius 3 is 2.62 bits per heavy atom. The van der Waals surface area contributed by atoms with Crippen LogP contribution in [0.5, 0.6) is 5.75 Å². The molecule has 0 saturated carbocycles. The summed E-state index contributed by atoms with van der Waals surface area (Å²) in [6.07, 6.45) is 8.27. The van der Waals surface area contributed by atoms with Crippen LogP contribution in [0.4, 0.5) is 26.3 Å². The Morgan fingerprint density at radius 2 is 2.00 bits per heavy atom. The summed E-state index contributed by atoms with van der Waals surface area (Å²) in [5.74, 6) is -1.54. The first-order valence-corrected chi connectivity index (χ1v) is 13.7. The van der Waals surface area contributed by atoms with Crippen LogP contribution in [0.2, 0.25) is 0 Å². The third kappa shape index (κ3) is 6.66. The average Bonchev–Trinajstić information content (AvgIpc) is 3.57. The highest BCUT2D eigenvalue weighted by atomic mass is 19.2. The highest BCUT2D eigenvalue weighted by molar-refractivity contribution is 5.64. The maximum atomic E-state index is 14.8. The lowest BCUT2D eigenvalue weighted by Gasteiger charge is -2.44. The molecule has 2 saturated heterocycles. The van der Waals surface area contributed by atoms with Crippen molar-refractivity contribution in [3.05, 3.63) is 40.2 Å². The summed E-state index contributed by atoms with van der Waals surface area (Å²) < 4.78 is 35.2. The number of nitrogens with one attached hydrogen (secondary N) is 2. The van der Waals surface area contributed by atoms with Crippen LogP contribution in [-0.2, 0) is 7.05 Å². The van der Waals surface area contributed by atoms with Crippen molar-refractivity contribution in [2.24, 2.45) is 7.05 Å². The molecule has 4 heterocycles. The number of tetrazole rings is 1. The Labute approximate surface area is 242 Å². The molecule has 0 amide bonds. The fourth-order valence-corrected chi connectivity index (χ4v) is 5.24. The van der Waals surface area contributed by atoms with E-state index in [0.29, 0.717) is 5.54 Å². The van der Waals surface area contributed by atoms with Crippen LogP contribution >= 0.6 is 0 Å². The zero-order chi connectivity index (χ0) is 30.7. The van der Waals surface area contributed by atoms with Crippen molar-refractivity contribution < 1.29 is 18.7 Å². The van der Waals surface area contributed by atoms with Gasteiger partial charge in [-0.15, -0.1) is 4.48 Å². The van der Waals surface area contributed by atoms with E-state index in [1.54, 1.807) is 19.9 Å². The molecule has 0 spiro atoms. The molecule has 226 valence electrons. The summed E-state index contributed by atoms with van der Waals surface area (Å²) in [5.41, 5.74) is -0.302. The lowest BCUT2D eigenvalue weighted by atomic mass is 9.87. The second-order valence-corrected chi connectivity index (χ2v) is 11.6. The molecular formula is C27H36F2N10O3. The molecule has 42 heavy (non-hydrogen) atoms. The lowest BCUT2D eigenvalue weighted by Crippen LogP contribution is -2.49. The van der Waals surface area contributed by atoms with Crippen molar-refractivity contribution in [1.82, 2.24) is 34.7 Å². The minimum atomic E-state index is -1.10. The normalized spacial score (nSPS) is 17.9. The summed E-state index contributed by atoms with van der Waals surface area (Å²) in [6.45, 7) is 8.92. The Kier molecular flexibility index (Phi) is 9.07. The second-order valence-electron chi connectivity index (χ2n) is 11.6. The van der Waals surface area contributed by atoms with Crippen LogP contribution in [0.15, 0.2) is 23.1 Å². The predicted octanol–water partition coefficient (Wildman–Crippen LogP) is 3.37. The van der Waals surface area contributed by atoms with E-state index in [9.17, 15) is 18.8 Å². The van der Waals surface area contributed by atoms with Gasteiger partial charge in [0.1, 0.15) is 28.7 Å². The number of aryl methyl sites for hydroxylation is 1.